The van der Waals surface area contributed by atoms with Gasteiger partial charge in [-0.2, -0.15) is 0 Å². The van der Waals surface area contributed by atoms with Crippen molar-refractivity contribution in [3.8, 4) is 23.0 Å². The Kier molecular flexibility index (Phi) is 7.25. The van der Waals surface area contributed by atoms with E-state index in [-0.39, 0.29) is 12.0 Å². The monoisotopic (exact) mass is 433 g/mol. The van der Waals surface area contributed by atoms with Gasteiger partial charge in [-0.3, -0.25) is 4.79 Å². The van der Waals surface area contributed by atoms with Gasteiger partial charge < -0.3 is 24.3 Å². The van der Waals surface area contributed by atoms with Crippen LogP contribution in [0.15, 0.2) is 72.8 Å². The molecule has 1 unspecified atom stereocenters. The number of carbonyl (C=O) groups excluding carboxylic acids is 1. The average molecular weight is 434 g/mol. The Bertz CT molecular complexity index is 1010. The van der Waals surface area contributed by atoms with Gasteiger partial charge >= 0.3 is 0 Å². The summed E-state index contributed by atoms with van der Waals surface area (Å²) in [7, 11) is 1.61. The van der Waals surface area contributed by atoms with Gasteiger partial charge in [0.25, 0.3) is 5.91 Å². The van der Waals surface area contributed by atoms with E-state index < -0.39 is 0 Å². The van der Waals surface area contributed by atoms with Gasteiger partial charge in [0.05, 0.1) is 13.2 Å². The summed E-state index contributed by atoms with van der Waals surface area (Å²) in [6.07, 6.45) is 2.24. The van der Waals surface area contributed by atoms with Gasteiger partial charge in [-0.25, -0.2) is 0 Å². The molecule has 0 saturated carbocycles. The first kappa shape index (κ1) is 21.7. The molecule has 1 heterocycles. The smallest absolute Gasteiger partial charge is 0.251 e. The lowest BCUT2D eigenvalue weighted by Gasteiger charge is -2.15. The van der Waals surface area contributed by atoms with Crippen molar-refractivity contribution in [1.29, 1.82) is 0 Å². The fourth-order valence-electron chi connectivity index (χ4n) is 3.48. The number of ether oxygens (including phenoxy) is 4. The number of para-hydroxylation sites is 1. The van der Waals surface area contributed by atoms with Crippen LogP contribution < -0.4 is 19.5 Å². The van der Waals surface area contributed by atoms with E-state index in [2.05, 4.69) is 5.32 Å². The number of nitrogens with one attached hydrogen (secondary N) is 1. The van der Waals surface area contributed by atoms with Gasteiger partial charge in [-0.05, 0) is 66.9 Å². The zero-order chi connectivity index (χ0) is 22.2. The molecule has 1 N–H and O–H groups in total. The molecule has 1 fully saturated rings. The maximum atomic E-state index is 12.5. The zero-order valence-electron chi connectivity index (χ0n) is 18.1. The van der Waals surface area contributed by atoms with Crippen LogP contribution in [-0.2, 0) is 11.3 Å². The largest absolute Gasteiger partial charge is 0.493 e. The van der Waals surface area contributed by atoms with E-state index in [1.165, 1.54) is 0 Å². The lowest BCUT2D eigenvalue weighted by Crippen LogP contribution is -2.22. The molecule has 1 amide bonds. The molecule has 32 heavy (non-hydrogen) atoms. The first-order valence-electron chi connectivity index (χ1n) is 10.7. The van der Waals surface area contributed by atoms with Crippen LogP contribution in [0.1, 0.15) is 28.8 Å². The summed E-state index contributed by atoms with van der Waals surface area (Å²) >= 11 is 0. The molecule has 0 bridgehead atoms. The third-order valence-electron chi connectivity index (χ3n) is 5.23. The summed E-state index contributed by atoms with van der Waals surface area (Å²) in [4.78, 5) is 12.5. The molecule has 1 saturated heterocycles. The van der Waals surface area contributed by atoms with Gasteiger partial charge in [0.1, 0.15) is 18.1 Å². The number of benzene rings is 3. The molecular formula is C26H27NO5. The third-order valence-corrected chi connectivity index (χ3v) is 5.23. The van der Waals surface area contributed by atoms with Gasteiger partial charge in [0.15, 0.2) is 11.5 Å². The van der Waals surface area contributed by atoms with Crippen molar-refractivity contribution in [2.24, 2.45) is 0 Å². The van der Waals surface area contributed by atoms with Crippen molar-refractivity contribution < 1.29 is 23.7 Å². The number of hydrogen-bond donors (Lipinski definition) is 1. The molecular weight excluding hydrogens is 406 g/mol. The summed E-state index contributed by atoms with van der Waals surface area (Å²) < 4.78 is 22.7. The quantitative estimate of drug-likeness (QED) is 0.516. The minimum absolute atomic E-state index is 0.142. The van der Waals surface area contributed by atoms with Crippen molar-refractivity contribution in [3.63, 3.8) is 0 Å². The first-order chi connectivity index (χ1) is 15.7. The first-order valence-corrected chi connectivity index (χ1v) is 10.7. The van der Waals surface area contributed by atoms with E-state index in [0.717, 1.165) is 30.8 Å². The Labute approximate surface area is 188 Å². The van der Waals surface area contributed by atoms with E-state index in [4.69, 9.17) is 18.9 Å². The third kappa shape index (κ3) is 5.80. The maximum absolute atomic E-state index is 12.5. The summed E-state index contributed by atoms with van der Waals surface area (Å²) in [5.74, 6) is 2.58. The summed E-state index contributed by atoms with van der Waals surface area (Å²) in [6, 6.07) is 22.2. The van der Waals surface area contributed by atoms with Gasteiger partial charge in [-0.15, -0.1) is 0 Å². The van der Waals surface area contributed by atoms with Gasteiger partial charge in [0.2, 0.25) is 0 Å². The van der Waals surface area contributed by atoms with Crippen LogP contribution in [-0.4, -0.2) is 32.3 Å². The van der Waals surface area contributed by atoms with Gasteiger partial charge in [-0.1, -0.05) is 24.3 Å². The van der Waals surface area contributed by atoms with Crippen LogP contribution in [0.4, 0.5) is 0 Å². The highest BCUT2D eigenvalue weighted by molar-refractivity contribution is 5.94. The average Bonchev–Trinajstić information content (AvgIpc) is 3.36. The molecule has 0 spiro atoms. The van der Waals surface area contributed by atoms with Crippen LogP contribution in [0.2, 0.25) is 0 Å². The van der Waals surface area contributed by atoms with Crippen LogP contribution in [0.25, 0.3) is 0 Å². The summed E-state index contributed by atoms with van der Waals surface area (Å²) in [5, 5.41) is 2.94. The lowest BCUT2D eigenvalue weighted by molar-refractivity contribution is 0.0669. The summed E-state index contributed by atoms with van der Waals surface area (Å²) in [6.45, 7) is 1.69. The number of methoxy groups -OCH3 is 1. The molecule has 0 aromatic heterocycles. The maximum Gasteiger partial charge on any atom is 0.251 e. The predicted octanol–water partition coefficient (Wildman–Crippen LogP) is 4.98. The molecule has 3 aromatic rings. The minimum Gasteiger partial charge on any atom is -0.493 e. The highest BCUT2D eigenvalue weighted by atomic mass is 16.5. The fraction of sp³-hybridized carbons (Fsp3) is 0.269. The Morgan fingerprint density at radius 3 is 2.50 bits per heavy atom. The Morgan fingerprint density at radius 1 is 1.00 bits per heavy atom. The second-order valence-corrected chi connectivity index (χ2v) is 7.55. The van der Waals surface area contributed by atoms with Crippen molar-refractivity contribution in [3.05, 3.63) is 83.9 Å². The van der Waals surface area contributed by atoms with Crippen molar-refractivity contribution in [2.75, 3.05) is 20.3 Å². The van der Waals surface area contributed by atoms with Gasteiger partial charge in [0, 0.05) is 18.7 Å². The molecule has 1 aliphatic heterocycles. The van der Waals surface area contributed by atoms with Crippen LogP contribution >= 0.6 is 0 Å². The highest BCUT2D eigenvalue weighted by Gasteiger charge is 2.17. The molecule has 3 aromatic carbocycles. The number of hydrogen-bond acceptors (Lipinski definition) is 5. The highest BCUT2D eigenvalue weighted by Crippen LogP contribution is 2.29. The Balaban J connectivity index is 1.30. The fourth-order valence-corrected chi connectivity index (χ4v) is 3.48. The van der Waals surface area contributed by atoms with Crippen LogP contribution in [0.3, 0.4) is 0 Å². The van der Waals surface area contributed by atoms with Crippen molar-refractivity contribution >= 4 is 5.91 Å². The Hall–Kier alpha value is -3.51. The second-order valence-electron chi connectivity index (χ2n) is 7.55. The standard InChI is InChI=1S/C26H27NO5/c1-29-25-16-19(9-14-24(25)31-18-23-8-5-15-30-23)17-27-26(28)20-10-12-22(13-11-20)32-21-6-3-2-4-7-21/h2-4,6-7,9-14,16,23H,5,8,15,17-18H2,1H3,(H,27,28). The number of rotatable bonds is 9. The van der Waals surface area contributed by atoms with Crippen molar-refractivity contribution in [1.82, 2.24) is 5.32 Å². The molecule has 6 heteroatoms. The SMILES string of the molecule is COc1cc(CNC(=O)c2ccc(Oc3ccccc3)cc2)ccc1OCC1CCCO1. The Morgan fingerprint density at radius 2 is 1.78 bits per heavy atom. The van der Waals surface area contributed by atoms with Crippen molar-refractivity contribution in [2.45, 2.75) is 25.5 Å². The zero-order valence-corrected chi connectivity index (χ0v) is 18.1. The molecule has 166 valence electrons. The van der Waals surface area contributed by atoms with E-state index in [0.29, 0.717) is 36.0 Å². The van der Waals surface area contributed by atoms with E-state index in [1.54, 1.807) is 31.4 Å². The predicted molar refractivity (Wildman–Crippen MR) is 122 cm³/mol. The number of amides is 1. The lowest BCUT2D eigenvalue weighted by atomic mass is 10.1. The topological polar surface area (TPSA) is 66.0 Å². The number of carbonyl (C=O) groups is 1. The molecule has 4 rings (SSSR count). The second kappa shape index (κ2) is 10.7. The molecule has 0 aliphatic carbocycles. The van der Waals surface area contributed by atoms with E-state index >= 15 is 0 Å². The molecule has 0 radical (unpaired) electrons. The van der Waals surface area contributed by atoms with E-state index in [1.807, 2.05) is 48.5 Å². The molecule has 6 nitrogen and oxygen atoms in total. The van der Waals surface area contributed by atoms with E-state index in [9.17, 15) is 4.79 Å². The minimum atomic E-state index is -0.158. The molecule has 1 atom stereocenters. The molecule has 1 aliphatic rings. The van der Waals surface area contributed by atoms with Crippen LogP contribution in [0.5, 0.6) is 23.0 Å². The summed E-state index contributed by atoms with van der Waals surface area (Å²) in [5.41, 5.74) is 1.48. The normalized spacial score (nSPS) is 15.2. The van der Waals surface area contributed by atoms with Crippen LogP contribution in [0, 0.1) is 0 Å².